The molecule has 458 valence electrons. The Hall–Kier alpha value is -14.9. The molecule has 0 atom stereocenters. The van der Waals surface area contributed by atoms with E-state index in [4.69, 9.17) is 4.98 Å². The van der Waals surface area contributed by atoms with Gasteiger partial charge in [-0.25, -0.2) is 4.98 Å². The first kappa shape index (κ1) is 57.8. The zero-order chi connectivity index (χ0) is 67.3. The fourth-order valence-corrected chi connectivity index (χ4v) is 15.0. The third-order valence-electron chi connectivity index (χ3n) is 19.5. The molecule has 0 aliphatic heterocycles. The molecule has 0 aliphatic rings. The predicted molar refractivity (Wildman–Crippen MR) is 397 cm³/mol. The monoisotopic (exact) mass is 1270 g/mol. The summed E-state index contributed by atoms with van der Waals surface area (Å²) in [6, 6.07) is 110. The first-order valence-corrected chi connectivity index (χ1v) is 32.5. The average Bonchev–Trinajstić information content (AvgIpc) is 1.40. The van der Waals surface area contributed by atoms with E-state index in [-0.39, 0.29) is 0 Å². The van der Waals surface area contributed by atoms with Gasteiger partial charge in [-0.3, -0.25) is 9.13 Å². The van der Waals surface area contributed by atoms with Crippen LogP contribution in [-0.2, 0) is 0 Å². The summed E-state index contributed by atoms with van der Waals surface area (Å²) < 4.78 is 8.91. The van der Waals surface area contributed by atoms with Gasteiger partial charge in [-0.1, -0.05) is 133 Å². The number of rotatable bonds is 9. The molecular formula is C89H47N11. The van der Waals surface area contributed by atoms with E-state index >= 15 is 0 Å². The quantitative estimate of drug-likeness (QED) is 0.138. The van der Waals surface area contributed by atoms with Crippen molar-refractivity contribution in [3.8, 4) is 115 Å². The van der Waals surface area contributed by atoms with Crippen molar-refractivity contribution >= 4 is 87.2 Å². The Morgan fingerprint density at radius 3 is 0.700 bits per heavy atom. The summed E-state index contributed by atoms with van der Waals surface area (Å²) in [5.41, 5.74) is 19.0. The largest absolute Gasteiger partial charge is 0.305 e. The molecule has 0 bridgehead atoms. The second-order valence-corrected chi connectivity index (χ2v) is 25.0. The Bertz CT molecular complexity index is 6460. The van der Waals surface area contributed by atoms with E-state index in [2.05, 4.69) is 182 Å². The molecule has 0 aliphatic carbocycles. The van der Waals surface area contributed by atoms with Crippen LogP contribution in [0.4, 0.5) is 0 Å². The highest BCUT2D eigenvalue weighted by atomic mass is 15.2. The van der Waals surface area contributed by atoms with Gasteiger partial charge in [0.25, 0.3) is 0 Å². The molecule has 0 N–H and O–H groups in total. The molecular weight excluding hydrogens is 1220 g/mol. The van der Waals surface area contributed by atoms with Gasteiger partial charge in [-0.2, -0.15) is 31.6 Å². The minimum absolute atomic E-state index is 0.423. The lowest BCUT2D eigenvalue weighted by atomic mass is 9.91. The third-order valence-corrected chi connectivity index (χ3v) is 19.5. The van der Waals surface area contributed by atoms with E-state index in [9.17, 15) is 31.6 Å². The van der Waals surface area contributed by atoms with Crippen LogP contribution in [0, 0.1) is 68.0 Å². The number of fused-ring (bicyclic) bond motifs is 12. The van der Waals surface area contributed by atoms with Crippen molar-refractivity contribution in [2.75, 3.05) is 0 Å². The van der Waals surface area contributed by atoms with Crippen LogP contribution in [0.15, 0.2) is 285 Å². The summed E-state index contributed by atoms with van der Waals surface area (Å²) >= 11 is 0. The standard InChI is InChI=1S/C89H47N11/c90-48-54-21-29-77-69(37-54)70-38-55(49-91)22-30-78(70)97(77)86-85(68-44-66(62-17-9-3-10-18-62)43-67(45-68)63-19-11-4-12-20-63)87(98-79-31-23-56(50-92)39-71(79)72-40-57(51-93)24-32-80(72)98)89(96-88(86)99-81-33-25-58(52-94)41-73(81)74-42-59(53-95)26-34-82(74)99)100-83-35-27-64(60-13-5-1-6-14-60)46-75(83)76-47-65(28-36-84(76)100)61-15-7-2-8-16-61/h1-47H. The lowest BCUT2D eigenvalue weighted by Crippen LogP contribution is -2.16. The predicted octanol–water partition coefficient (Wildman–Crippen LogP) is 21.0. The van der Waals surface area contributed by atoms with E-state index in [1.807, 2.05) is 158 Å². The molecule has 18 rings (SSSR count). The van der Waals surface area contributed by atoms with Crippen LogP contribution in [0.2, 0.25) is 0 Å². The van der Waals surface area contributed by atoms with Gasteiger partial charge in [0.2, 0.25) is 0 Å². The maximum absolute atomic E-state index is 10.8. The Balaban J connectivity index is 1.16. The van der Waals surface area contributed by atoms with Gasteiger partial charge < -0.3 is 9.13 Å². The highest BCUT2D eigenvalue weighted by Gasteiger charge is 2.34. The molecule has 0 saturated heterocycles. The highest BCUT2D eigenvalue weighted by Crippen LogP contribution is 2.51. The number of benzene rings is 13. The average molecular weight is 1270 g/mol. The van der Waals surface area contributed by atoms with Gasteiger partial charge in [0.15, 0.2) is 11.6 Å². The maximum atomic E-state index is 10.8. The molecule has 100 heavy (non-hydrogen) atoms. The van der Waals surface area contributed by atoms with Crippen LogP contribution in [0.25, 0.3) is 166 Å². The summed E-state index contributed by atoms with van der Waals surface area (Å²) in [5, 5.41) is 70.8. The summed E-state index contributed by atoms with van der Waals surface area (Å²) in [5.74, 6) is 0.933. The minimum Gasteiger partial charge on any atom is -0.305 e. The molecule has 0 unspecified atom stereocenters. The lowest BCUT2D eigenvalue weighted by Gasteiger charge is -2.27. The Kier molecular flexibility index (Phi) is 13.3. The maximum Gasteiger partial charge on any atom is 0.165 e. The first-order chi connectivity index (χ1) is 49.3. The number of nitrogens with zero attached hydrogens (tertiary/aromatic N) is 11. The second-order valence-electron chi connectivity index (χ2n) is 25.0. The van der Waals surface area contributed by atoms with Gasteiger partial charge >= 0.3 is 0 Å². The van der Waals surface area contributed by atoms with Gasteiger partial charge in [0, 0.05) is 48.7 Å². The smallest absolute Gasteiger partial charge is 0.165 e. The van der Waals surface area contributed by atoms with Crippen LogP contribution in [0.3, 0.4) is 0 Å². The van der Waals surface area contributed by atoms with Gasteiger partial charge in [-0.15, -0.1) is 0 Å². The molecule has 13 aromatic carbocycles. The molecule has 18 aromatic rings. The number of aromatic nitrogens is 5. The lowest BCUT2D eigenvalue weighted by molar-refractivity contribution is 0.961. The SMILES string of the molecule is N#Cc1ccc2c(c1)c1cc(C#N)ccc1n2-c1nc(-n2c3ccc(-c4ccccc4)cc3c3cc(-c4ccccc4)ccc32)c(-n2c3ccc(C#N)cc3c3cc(C#N)ccc32)c(-c2cc(-c3ccccc3)cc(-c3ccccc3)c2)c1-n1c2ccc(C#N)cc2c2cc(C#N)ccc21. The van der Waals surface area contributed by atoms with Crippen molar-refractivity contribution in [3.63, 3.8) is 0 Å². The fraction of sp³-hybridized carbons (Fsp3) is 0. The van der Waals surface area contributed by atoms with Crippen LogP contribution in [0.1, 0.15) is 33.4 Å². The van der Waals surface area contributed by atoms with E-state index in [0.717, 1.165) is 93.7 Å². The van der Waals surface area contributed by atoms with Crippen molar-refractivity contribution < 1.29 is 0 Å². The number of pyridine rings is 1. The van der Waals surface area contributed by atoms with Gasteiger partial charge in [-0.05, 0) is 202 Å². The summed E-state index contributed by atoms with van der Waals surface area (Å²) in [4.78, 5) is 6.47. The highest BCUT2D eigenvalue weighted by molar-refractivity contribution is 6.17. The molecule has 0 amide bonds. The van der Waals surface area contributed by atoms with Crippen molar-refractivity contribution in [1.82, 2.24) is 23.3 Å². The van der Waals surface area contributed by atoms with Gasteiger partial charge in [0.1, 0.15) is 11.4 Å². The molecule has 11 nitrogen and oxygen atoms in total. The summed E-state index contributed by atoms with van der Waals surface area (Å²) in [6.07, 6.45) is 0. The number of nitriles is 6. The molecule has 5 heterocycles. The third kappa shape index (κ3) is 9.04. The van der Waals surface area contributed by atoms with E-state index in [0.29, 0.717) is 106 Å². The van der Waals surface area contributed by atoms with Crippen molar-refractivity contribution in [3.05, 3.63) is 318 Å². The molecule has 0 spiro atoms. The van der Waals surface area contributed by atoms with Crippen LogP contribution >= 0.6 is 0 Å². The van der Waals surface area contributed by atoms with E-state index in [1.165, 1.54) is 0 Å². The molecule has 0 fully saturated rings. The van der Waals surface area contributed by atoms with Gasteiger partial charge in [0.05, 0.1) is 114 Å². The minimum atomic E-state index is 0.423. The van der Waals surface area contributed by atoms with E-state index in [1.54, 1.807) is 0 Å². The molecule has 0 saturated carbocycles. The second kappa shape index (κ2) is 23.0. The first-order valence-electron chi connectivity index (χ1n) is 32.5. The van der Waals surface area contributed by atoms with Crippen molar-refractivity contribution in [2.24, 2.45) is 0 Å². The topological polar surface area (TPSA) is 175 Å². The Labute approximate surface area is 572 Å². The van der Waals surface area contributed by atoms with Crippen molar-refractivity contribution in [2.45, 2.75) is 0 Å². The van der Waals surface area contributed by atoms with Crippen LogP contribution < -0.4 is 0 Å². The number of hydrogen-bond acceptors (Lipinski definition) is 7. The van der Waals surface area contributed by atoms with Crippen molar-refractivity contribution in [1.29, 1.82) is 31.6 Å². The molecule has 0 radical (unpaired) electrons. The number of hydrogen-bond donors (Lipinski definition) is 0. The Morgan fingerprint density at radius 2 is 0.430 bits per heavy atom. The Morgan fingerprint density at radius 1 is 0.200 bits per heavy atom. The molecule has 11 heteroatoms. The zero-order valence-corrected chi connectivity index (χ0v) is 53.1. The van der Waals surface area contributed by atoms with Crippen LogP contribution in [-0.4, -0.2) is 23.3 Å². The summed E-state index contributed by atoms with van der Waals surface area (Å²) in [7, 11) is 0. The van der Waals surface area contributed by atoms with E-state index < -0.39 is 0 Å². The fourth-order valence-electron chi connectivity index (χ4n) is 15.0. The van der Waals surface area contributed by atoms with Crippen LogP contribution in [0.5, 0.6) is 0 Å². The molecule has 5 aromatic heterocycles. The summed E-state index contributed by atoms with van der Waals surface area (Å²) in [6.45, 7) is 0. The zero-order valence-electron chi connectivity index (χ0n) is 53.1. The normalized spacial score (nSPS) is 11.3.